The summed E-state index contributed by atoms with van der Waals surface area (Å²) in [6, 6.07) is 0.310. The molecule has 0 saturated heterocycles. The first-order chi connectivity index (χ1) is 8.67. The van der Waals surface area contributed by atoms with Crippen molar-refractivity contribution in [1.82, 2.24) is 15.2 Å². The van der Waals surface area contributed by atoms with E-state index in [9.17, 15) is 0 Å². The number of rotatable bonds is 5. The molecular weight excluding hydrogens is 248 g/mol. The van der Waals surface area contributed by atoms with Crippen molar-refractivity contribution in [1.29, 1.82) is 0 Å². The molecule has 1 aliphatic rings. The number of nitrogens with two attached hydrogens (primary N) is 1. The molecule has 1 atom stereocenters. The van der Waals surface area contributed by atoms with Crippen molar-refractivity contribution < 1.29 is 0 Å². The highest BCUT2D eigenvalue weighted by molar-refractivity contribution is 6.31. The summed E-state index contributed by atoms with van der Waals surface area (Å²) < 4.78 is 1.90. The Morgan fingerprint density at radius 2 is 2.17 bits per heavy atom. The van der Waals surface area contributed by atoms with Crippen LogP contribution in [0.2, 0.25) is 5.02 Å². The Labute approximate surface area is 114 Å². The minimum Gasteiger partial charge on any atom is -0.271 e. The second-order valence-electron chi connectivity index (χ2n) is 5.21. The van der Waals surface area contributed by atoms with E-state index < -0.39 is 0 Å². The SMILES string of the molecule is CCc1nn(C)c(CC(NN)C2CCCC2)c1Cl. The van der Waals surface area contributed by atoms with Crippen molar-refractivity contribution in [2.45, 2.75) is 51.5 Å². The van der Waals surface area contributed by atoms with Crippen LogP contribution >= 0.6 is 11.6 Å². The fourth-order valence-electron chi connectivity index (χ4n) is 2.97. The normalized spacial score (nSPS) is 18.4. The van der Waals surface area contributed by atoms with Crippen LogP contribution in [0.5, 0.6) is 0 Å². The number of halogens is 1. The Morgan fingerprint density at radius 3 is 2.67 bits per heavy atom. The molecule has 0 spiro atoms. The molecule has 0 bridgehead atoms. The number of hydrazine groups is 1. The van der Waals surface area contributed by atoms with Crippen LogP contribution in [0.1, 0.15) is 44.0 Å². The fourth-order valence-corrected chi connectivity index (χ4v) is 3.34. The molecule has 3 N–H and O–H groups in total. The maximum atomic E-state index is 6.39. The maximum absolute atomic E-state index is 6.39. The number of aromatic nitrogens is 2. The summed E-state index contributed by atoms with van der Waals surface area (Å²) in [4.78, 5) is 0. The quantitative estimate of drug-likeness (QED) is 0.637. The summed E-state index contributed by atoms with van der Waals surface area (Å²) >= 11 is 6.39. The molecule has 1 aliphatic carbocycles. The van der Waals surface area contributed by atoms with Gasteiger partial charge in [0.1, 0.15) is 0 Å². The smallest absolute Gasteiger partial charge is 0.0850 e. The van der Waals surface area contributed by atoms with Crippen molar-refractivity contribution >= 4 is 11.6 Å². The van der Waals surface area contributed by atoms with Crippen LogP contribution < -0.4 is 11.3 Å². The maximum Gasteiger partial charge on any atom is 0.0850 e. The molecule has 0 aliphatic heterocycles. The Morgan fingerprint density at radius 1 is 1.50 bits per heavy atom. The molecule has 0 radical (unpaired) electrons. The summed E-state index contributed by atoms with van der Waals surface area (Å²) in [5.41, 5.74) is 5.06. The van der Waals surface area contributed by atoms with E-state index in [2.05, 4.69) is 17.4 Å². The predicted octanol–water partition coefficient (Wildman–Crippen LogP) is 2.20. The van der Waals surface area contributed by atoms with E-state index in [1.54, 1.807) is 0 Å². The minimum atomic E-state index is 0.310. The van der Waals surface area contributed by atoms with Crippen LogP contribution in [-0.4, -0.2) is 15.8 Å². The first-order valence-corrected chi connectivity index (χ1v) is 7.21. The molecule has 1 heterocycles. The fraction of sp³-hybridized carbons (Fsp3) is 0.769. The second kappa shape index (κ2) is 6.04. The lowest BCUT2D eigenvalue weighted by molar-refractivity contribution is 0.355. The monoisotopic (exact) mass is 270 g/mol. The van der Waals surface area contributed by atoms with Gasteiger partial charge in [-0.3, -0.25) is 16.0 Å². The summed E-state index contributed by atoms with van der Waals surface area (Å²) in [5.74, 6) is 6.39. The average Bonchev–Trinajstić information content (AvgIpc) is 2.97. The lowest BCUT2D eigenvalue weighted by Gasteiger charge is -2.22. The van der Waals surface area contributed by atoms with Crippen molar-refractivity contribution in [2.75, 3.05) is 0 Å². The van der Waals surface area contributed by atoms with Gasteiger partial charge in [0.2, 0.25) is 0 Å². The number of aryl methyl sites for hydroxylation is 2. The van der Waals surface area contributed by atoms with Gasteiger partial charge in [0.25, 0.3) is 0 Å². The number of hydrogen-bond donors (Lipinski definition) is 2. The van der Waals surface area contributed by atoms with E-state index in [0.29, 0.717) is 12.0 Å². The van der Waals surface area contributed by atoms with Gasteiger partial charge >= 0.3 is 0 Å². The van der Waals surface area contributed by atoms with E-state index >= 15 is 0 Å². The Hall–Kier alpha value is -0.580. The van der Waals surface area contributed by atoms with Crippen LogP contribution in [0, 0.1) is 5.92 Å². The van der Waals surface area contributed by atoms with Crippen molar-refractivity contribution in [3.8, 4) is 0 Å². The van der Waals surface area contributed by atoms with Gasteiger partial charge in [0.05, 0.1) is 16.4 Å². The number of nitrogens with one attached hydrogen (secondary N) is 1. The van der Waals surface area contributed by atoms with Gasteiger partial charge < -0.3 is 0 Å². The third-order valence-electron chi connectivity index (χ3n) is 4.10. The molecule has 1 aromatic heterocycles. The molecule has 0 aromatic carbocycles. The molecule has 18 heavy (non-hydrogen) atoms. The molecule has 2 rings (SSSR count). The van der Waals surface area contributed by atoms with E-state index in [-0.39, 0.29) is 0 Å². The molecule has 1 unspecified atom stereocenters. The molecule has 102 valence electrons. The second-order valence-corrected chi connectivity index (χ2v) is 5.58. The molecular formula is C13H23ClN4. The molecule has 1 aromatic rings. The van der Waals surface area contributed by atoms with E-state index in [1.807, 2.05) is 11.7 Å². The van der Waals surface area contributed by atoms with Gasteiger partial charge in [0.15, 0.2) is 0 Å². The van der Waals surface area contributed by atoms with Gasteiger partial charge in [-0.15, -0.1) is 0 Å². The van der Waals surface area contributed by atoms with Crippen molar-refractivity contribution in [3.63, 3.8) is 0 Å². The van der Waals surface area contributed by atoms with E-state index in [0.717, 1.165) is 29.3 Å². The molecule has 1 saturated carbocycles. The summed E-state index contributed by atoms with van der Waals surface area (Å²) in [6.07, 6.45) is 6.92. The zero-order chi connectivity index (χ0) is 13.1. The Balaban J connectivity index is 2.13. The zero-order valence-corrected chi connectivity index (χ0v) is 12.0. The highest BCUT2D eigenvalue weighted by atomic mass is 35.5. The molecule has 4 nitrogen and oxygen atoms in total. The van der Waals surface area contributed by atoms with E-state index in [1.165, 1.54) is 25.7 Å². The first-order valence-electron chi connectivity index (χ1n) is 6.83. The van der Waals surface area contributed by atoms with Crippen LogP contribution in [0.4, 0.5) is 0 Å². The van der Waals surface area contributed by atoms with Crippen LogP contribution in [-0.2, 0) is 19.9 Å². The van der Waals surface area contributed by atoms with E-state index in [4.69, 9.17) is 17.4 Å². The largest absolute Gasteiger partial charge is 0.271 e. The van der Waals surface area contributed by atoms with Crippen LogP contribution in [0.3, 0.4) is 0 Å². The van der Waals surface area contributed by atoms with Gasteiger partial charge in [-0.25, -0.2) is 0 Å². The van der Waals surface area contributed by atoms with Crippen LogP contribution in [0.15, 0.2) is 0 Å². The highest BCUT2D eigenvalue weighted by Crippen LogP contribution is 2.30. The van der Waals surface area contributed by atoms with Gasteiger partial charge in [-0.2, -0.15) is 5.10 Å². The molecule has 5 heteroatoms. The lowest BCUT2D eigenvalue weighted by atomic mass is 9.94. The Bertz CT molecular complexity index is 396. The Kier molecular flexibility index (Phi) is 4.65. The molecule has 0 amide bonds. The number of hydrogen-bond acceptors (Lipinski definition) is 3. The summed E-state index contributed by atoms with van der Waals surface area (Å²) in [5, 5.41) is 5.28. The predicted molar refractivity (Wildman–Crippen MR) is 74.4 cm³/mol. The molecule has 1 fully saturated rings. The van der Waals surface area contributed by atoms with Crippen molar-refractivity contribution in [2.24, 2.45) is 18.8 Å². The average molecular weight is 271 g/mol. The summed E-state index contributed by atoms with van der Waals surface area (Å²) in [7, 11) is 1.96. The highest BCUT2D eigenvalue weighted by Gasteiger charge is 2.26. The topological polar surface area (TPSA) is 55.9 Å². The van der Waals surface area contributed by atoms with Crippen molar-refractivity contribution in [3.05, 3.63) is 16.4 Å². The minimum absolute atomic E-state index is 0.310. The summed E-state index contributed by atoms with van der Waals surface area (Å²) in [6.45, 7) is 2.08. The first kappa shape index (κ1) is 13.8. The zero-order valence-electron chi connectivity index (χ0n) is 11.2. The standard InChI is InChI=1S/C13H23ClN4/c1-3-10-13(14)12(18(2)17-10)8-11(16-15)9-6-4-5-7-9/h9,11,16H,3-8,15H2,1-2H3. The lowest BCUT2D eigenvalue weighted by Crippen LogP contribution is -2.42. The number of nitrogens with zero attached hydrogens (tertiary/aromatic N) is 2. The van der Waals surface area contributed by atoms with Gasteiger partial charge in [-0.05, 0) is 25.2 Å². The van der Waals surface area contributed by atoms with Crippen LogP contribution in [0.25, 0.3) is 0 Å². The third kappa shape index (κ3) is 2.71. The van der Waals surface area contributed by atoms with Gasteiger partial charge in [0, 0.05) is 19.5 Å². The van der Waals surface area contributed by atoms with Gasteiger partial charge in [-0.1, -0.05) is 31.4 Å². The third-order valence-corrected chi connectivity index (χ3v) is 4.54.